The second-order valence-electron chi connectivity index (χ2n) is 5.68. The summed E-state index contributed by atoms with van der Waals surface area (Å²) in [6.45, 7) is 10.5. The molecule has 1 aromatic carbocycles. The minimum absolute atomic E-state index is 0.106. The van der Waals surface area contributed by atoms with Crippen LogP contribution in [-0.4, -0.2) is 19.6 Å². The Morgan fingerprint density at radius 3 is 2.47 bits per heavy atom. The Hall–Kier alpha value is -1.11. The summed E-state index contributed by atoms with van der Waals surface area (Å²) in [5, 5.41) is 0. The molecule has 0 heterocycles. The molecule has 0 radical (unpaired) electrons. The zero-order valence-corrected chi connectivity index (χ0v) is 13.4. The average Bonchev–Trinajstić information content (AvgIpc) is 2.92. The first-order valence-electron chi connectivity index (χ1n) is 6.54. The Bertz CT molecular complexity index is 513. The van der Waals surface area contributed by atoms with Crippen LogP contribution in [0.4, 0.5) is 0 Å². The van der Waals surface area contributed by atoms with Crippen LogP contribution in [0.25, 0.3) is 0 Å². The second-order valence-corrected chi connectivity index (χ2v) is 7.94. The van der Waals surface area contributed by atoms with E-state index in [9.17, 15) is 4.79 Å². The van der Waals surface area contributed by atoms with Crippen LogP contribution in [-0.2, 0) is 4.79 Å². The second kappa shape index (κ2) is 5.48. The molecule has 2 unspecified atom stereocenters. The molecule has 1 saturated carbocycles. The molecule has 0 aromatic heterocycles. The van der Waals surface area contributed by atoms with E-state index in [0.717, 1.165) is 4.46 Å². The van der Waals surface area contributed by atoms with E-state index in [-0.39, 0.29) is 25.1 Å². The fraction of sp³-hybridized carbons (Fsp3) is 0.353. The van der Waals surface area contributed by atoms with Crippen molar-refractivity contribution in [2.45, 2.75) is 20.8 Å². The summed E-state index contributed by atoms with van der Waals surface area (Å²) >= 11 is -0.106. The Morgan fingerprint density at radius 2 is 1.95 bits per heavy atom. The van der Waals surface area contributed by atoms with Gasteiger partial charge in [0.1, 0.15) is 0 Å². The van der Waals surface area contributed by atoms with Crippen LogP contribution in [0.5, 0.6) is 0 Å². The van der Waals surface area contributed by atoms with Crippen molar-refractivity contribution in [3.63, 3.8) is 0 Å². The first-order chi connectivity index (χ1) is 8.96. The summed E-state index contributed by atoms with van der Waals surface area (Å²) in [5.74, 6) is 1.00. The van der Waals surface area contributed by atoms with Gasteiger partial charge in [0.25, 0.3) is 0 Å². The van der Waals surface area contributed by atoms with Gasteiger partial charge < -0.3 is 0 Å². The molecule has 0 amide bonds. The predicted molar refractivity (Wildman–Crippen MR) is 81.6 cm³/mol. The van der Waals surface area contributed by atoms with Crippen LogP contribution in [0.1, 0.15) is 20.8 Å². The molecule has 0 aliphatic heterocycles. The first-order valence-corrected chi connectivity index (χ1v) is 8.25. The van der Waals surface area contributed by atoms with Gasteiger partial charge in [0.05, 0.1) is 0 Å². The third-order valence-electron chi connectivity index (χ3n) is 3.96. The van der Waals surface area contributed by atoms with Crippen molar-refractivity contribution < 1.29 is 4.79 Å². The zero-order chi connectivity index (χ0) is 14.0. The van der Waals surface area contributed by atoms with Crippen molar-refractivity contribution >= 4 is 24.1 Å². The number of hydrogen-bond donors (Lipinski definition) is 0. The topological polar surface area (TPSA) is 17.1 Å². The molecule has 0 spiro atoms. The average molecular weight is 319 g/mol. The summed E-state index contributed by atoms with van der Waals surface area (Å²) in [4.78, 5) is 12.1. The summed E-state index contributed by atoms with van der Waals surface area (Å²) in [5.41, 5.74) is 1.47. The fourth-order valence-electron chi connectivity index (χ4n) is 2.90. The van der Waals surface area contributed by atoms with Gasteiger partial charge in [-0.25, -0.2) is 0 Å². The molecule has 1 fully saturated rings. The maximum atomic E-state index is 12.1. The van der Waals surface area contributed by atoms with Crippen LogP contribution in [0.15, 0.2) is 54.6 Å². The molecule has 1 nitrogen and oxygen atoms in total. The van der Waals surface area contributed by atoms with E-state index < -0.39 is 0 Å². The van der Waals surface area contributed by atoms with Gasteiger partial charge in [0.15, 0.2) is 0 Å². The summed E-state index contributed by atoms with van der Waals surface area (Å²) < 4.78 is 1.39. The Balaban J connectivity index is 2.02. The van der Waals surface area contributed by atoms with Crippen LogP contribution in [0.3, 0.4) is 0 Å². The van der Waals surface area contributed by atoms with E-state index in [1.165, 1.54) is 5.57 Å². The first kappa shape index (κ1) is 14.3. The standard InChI is InChI=1S/C17H20OSe/c1-5-14-16(17(14,3)4)12(2)11-15(18)19-13-9-7-6-8-10-13/h5-11,14,16H,1H2,2-4H3/b12-11+. The number of hydrogen-bond acceptors (Lipinski definition) is 1. The Morgan fingerprint density at radius 1 is 1.32 bits per heavy atom. The molecule has 2 atom stereocenters. The summed E-state index contributed by atoms with van der Waals surface area (Å²) in [7, 11) is 0. The molecule has 0 saturated heterocycles. The third-order valence-corrected chi connectivity index (χ3v) is 5.70. The van der Waals surface area contributed by atoms with Crippen molar-refractivity contribution in [1.29, 1.82) is 0 Å². The third kappa shape index (κ3) is 3.08. The van der Waals surface area contributed by atoms with Crippen LogP contribution >= 0.6 is 0 Å². The number of carbonyl (C=O) groups is 1. The molecule has 2 rings (SSSR count). The van der Waals surface area contributed by atoms with Crippen LogP contribution in [0, 0.1) is 17.3 Å². The van der Waals surface area contributed by atoms with Crippen molar-refractivity contribution in [3.05, 3.63) is 54.6 Å². The minimum atomic E-state index is -0.106. The van der Waals surface area contributed by atoms with E-state index in [4.69, 9.17) is 0 Å². The number of carbonyl (C=O) groups excluding carboxylic acids is 1. The van der Waals surface area contributed by atoms with E-state index in [1.807, 2.05) is 42.5 Å². The van der Waals surface area contributed by atoms with Gasteiger partial charge in [-0.1, -0.05) is 0 Å². The fourth-order valence-corrected chi connectivity index (χ4v) is 4.51. The Labute approximate surface area is 122 Å². The van der Waals surface area contributed by atoms with Crippen molar-refractivity contribution in [3.8, 4) is 0 Å². The van der Waals surface area contributed by atoms with Gasteiger partial charge in [0.2, 0.25) is 0 Å². The SMILES string of the molecule is C=CC1C(/C(C)=C/C(=O)[Se]c2ccccc2)C1(C)C. The molecule has 0 N–H and O–H groups in total. The van der Waals surface area contributed by atoms with E-state index >= 15 is 0 Å². The van der Waals surface area contributed by atoms with Crippen molar-refractivity contribution in [2.24, 2.45) is 17.3 Å². The number of benzene rings is 1. The molecule has 19 heavy (non-hydrogen) atoms. The van der Waals surface area contributed by atoms with Gasteiger partial charge in [-0.15, -0.1) is 0 Å². The zero-order valence-electron chi connectivity index (χ0n) is 11.7. The number of rotatable bonds is 5. The van der Waals surface area contributed by atoms with E-state index in [2.05, 4.69) is 27.4 Å². The monoisotopic (exact) mass is 320 g/mol. The predicted octanol–water partition coefficient (Wildman–Crippen LogP) is 2.95. The molecule has 1 aliphatic rings. The van der Waals surface area contributed by atoms with Crippen LogP contribution in [0.2, 0.25) is 0 Å². The van der Waals surface area contributed by atoms with Gasteiger partial charge in [-0.2, -0.15) is 0 Å². The van der Waals surface area contributed by atoms with Crippen molar-refractivity contribution in [1.82, 2.24) is 0 Å². The number of allylic oxidation sites excluding steroid dienone is 3. The van der Waals surface area contributed by atoms with E-state index in [1.54, 1.807) is 0 Å². The molecule has 2 heteroatoms. The molecule has 1 aliphatic carbocycles. The van der Waals surface area contributed by atoms with Gasteiger partial charge >= 0.3 is 122 Å². The Kier molecular flexibility index (Phi) is 4.13. The summed E-state index contributed by atoms with van der Waals surface area (Å²) in [6, 6.07) is 9.99. The van der Waals surface area contributed by atoms with Crippen molar-refractivity contribution in [2.75, 3.05) is 0 Å². The van der Waals surface area contributed by atoms with Gasteiger partial charge in [-0.05, 0) is 0 Å². The maximum absolute atomic E-state index is 12.1. The summed E-state index contributed by atoms with van der Waals surface area (Å²) in [6.07, 6.45) is 3.87. The molecular weight excluding hydrogens is 299 g/mol. The van der Waals surface area contributed by atoms with Crippen LogP contribution < -0.4 is 4.46 Å². The molecular formula is C17H20OSe. The van der Waals surface area contributed by atoms with Gasteiger partial charge in [0, 0.05) is 0 Å². The molecule has 1 aromatic rings. The molecule has 100 valence electrons. The van der Waals surface area contributed by atoms with Gasteiger partial charge in [-0.3, -0.25) is 0 Å². The van der Waals surface area contributed by atoms with E-state index in [0.29, 0.717) is 11.8 Å². The normalized spacial score (nSPS) is 24.9. The molecule has 0 bridgehead atoms. The quantitative estimate of drug-likeness (QED) is 0.463.